The number of ether oxygens (including phenoxy) is 1. The Balaban J connectivity index is 2.45. The summed E-state index contributed by atoms with van der Waals surface area (Å²) >= 11 is 0. The van der Waals surface area contributed by atoms with Crippen molar-refractivity contribution in [1.82, 2.24) is 5.32 Å². The summed E-state index contributed by atoms with van der Waals surface area (Å²) in [5.74, 6) is 0.660. The smallest absolute Gasteiger partial charge is 0.119 e. The van der Waals surface area contributed by atoms with Gasteiger partial charge in [-0.3, -0.25) is 8.78 Å². The highest BCUT2D eigenvalue weighted by molar-refractivity contribution is 5.29. The monoisotopic (exact) mass is 287 g/mol. The Labute approximate surface area is 119 Å². The summed E-state index contributed by atoms with van der Waals surface area (Å²) in [5, 5.41) is 13.2. The lowest BCUT2D eigenvalue weighted by Gasteiger charge is -2.20. The molecule has 0 bridgehead atoms. The molecule has 0 radical (unpaired) electrons. The first kappa shape index (κ1) is 16.9. The molecule has 2 N–H and O–H groups in total. The van der Waals surface area contributed by atoms with Crippen molar-refractivity contribution in [3.63, 3.8) is 0 Å². The largest absolute Gasteiger partial charge is 0.494 e. The highest BCUT2D eigenvalue weighted by Crippen LogP contribution is 2.20. The summed E-state index contributed by atoms with van der Waals surface area (Å²) in [6.45, 7) is 1.99. The van der Waals surface area contributed by atoms with Gasteiger partial charge in [-0.25, -0.2) is 0 Å². The SMILES string of the molecule is CC(NCCCF)C(O)c1ccc(OCCCF)cc1. The van der Waals surface area contributed by atoms with Gasteiger partial charge in [-0.2, -0.15) is 0 Å². The quantitative estimate of drug-likeness (QED) is 0.650. The van der Waals surface area contributed by atoms with E-state index in [9.17, 15) is 13.9 Å². The van der Waals surface area contributed by atoms with Gasteiger partial charge in [0, 0.05) is 12.5 Å². The first-order valence-corrected chi connectivity index (χ1v) is 6.95. The van der Waals surface area contributed by atoms with Gasteiger partial charge in [0.1, 0.15) is 5.75 Å². The second-order valence-electron chi connectivity index (χ2n) is 4.69. The Hall–Kier alpha value is -1.20. The summed E-state index contributed by atoms with van der Waals surface area (Å²) in [5.41, 5.74) is 0.767. The van der Waals surface area contributed by atoms with Gasteiger partial charge in [-0.15, -0.1) is 0 Å². The summed E-state index contributed by atoms with van der Waals surface area (Å²) in [6.07, 6.45) is 0.160. The minimum Gasteiger partial charge on any atom is -0.494 e. The fourth-order valence-corrected chi connectivity index (χ4v) is 1.80. The van der Waals surface area contributed by atoms with Gasteiger partial charge >= 0.3 is 0 Å². The number of aliphatic hydroxyl groups is 1. The van der Waals surface area contributed by atoms with Crippen LogP contribution in [0.5, 0.6) is 5.75 Å². The molecule has 0 aliphatic rings. The highest BCUT2D eigenvalue weighted by atomic mass is 19.1. The molecule has 0 saturated carbocycles. The summed E-state index contributed by atoms with van der Waals surface area (Å²) in [7, 11) is 0. The van der Waals surface area contributed by atoms with E-state index in [1.165, 1.54) is 0 Å². The summed E-state index contributed by atoms with van der Waals surface area (Å²) < 4.78 is 29.3. The van der Waals surface area contributed by atoms with Gasteiger partial charge in [0.2, 0.25) is 0 Å². The maximum absolute atomic E-state index is 12.0. The standard InChI is InChI=1S/C15H23F2NO2/c1-12(18-10-2-8-16)15(19)13-4-6-14(7-5-13)20-11-3-9-17/h4-7,12,15,18-19H,2-3,8-11H2,1H3. The first-order chi connectivity index (χ1) is 9.69. The molecule has 1 rings (SSSR count). The Bertz CT molecular complexity index is 359. The molecule has 114 valence electrons. The van der Waals surface area contributed by atoms with Crippen LogP contribution < -0.4 is 10.1 Å². The van der Waals surface area contributed by atoms with Crippen LogP contribution in [0.4, 0.5) is 8.78 Å². The number of halogens is 2. The minimum absolute atomic E-state index is 0.153. The van der Waals surface area contributed by atoms with E-state index in [1.807, 2.05) is 6.92 Å². The maximum Gasteiger partial charge on any atom is 0.119 e. The molecule has 1 aromatic rings. The van der Waals surface area contributed by atoms with Crippen LogP contribution in [0.25, 0.3) is 0 Å². The van der Waals surface area contributed by atoms with Crippen molar-refractivity contribution in [2.75, 3.05) is 26.5 Å². The zero-order chi connectivity index (χ0) is 14.8. The van der Waals surface area contributed by atoms with Crippen LogP contribution in [0.3, 0.4) is 0 Å². The van der Waals surface area contributed by atoms with Gasteiger partial charge in [0.15, 0.2) is 0 Å². The van der Waals surface area contributed by atoms with Crippen LogP contribution in [0.15, 0.2) is 24.3 Å². The van der Waals surface area contributed by atoms with Crippen molar-refractivity contribution in [3.05, 3.63) is 29.8 Å². The highest BCUT2D eigenvalue weighted by Gasteiger charge is 2.15. The molecule has 0 aliphatic heterocycles. The lowest BCUT2D eigenvalue weighted by atomic mass is 10.0. The van der Waals surface area contributed by atoms with Crippen molar-refractivity contribution in [3.8, 4) is 5.75 Å². The third-order valence-electron chi connectivity index (χ3n) is 3.02. The molecule has 0 amide bonds. The minimum atomic E-state index is -0.658. The Morgan fingerprint density at radius 1 is 1.15 bits per heavy atom. The molecule has 0 heterocycles. The van der Waals surface area contributed by atoms with Crippen molar-refractivity contribution in [2.45, 2.75) is 31.9 Å². The third kappa shape index (κ3) is 5.84. The lowest BCUT2D eigenvalue weighted by Crippen LogP contribution is -2.33. The molecule has 2 atom stereocenters. The molecule has 3 nitrogen and oxygen atoms in total. The summed E-state index contributed by atoms with van der Waals surface area (Å²) in [4.78, 5) is 0. The van der Waals surface area contributed by atoms with Crippen molar-refractivity contribution >= 4 is 0 Å². The maximum atomic E-state index is 12.0. The molecular weight excluding hydrogens is 264 g/mol. The predicted molar refractivity (Wildman–Crippen MR) is 75.5 cm³/mol. The van der Waals surface area contributed by atoms with Crippen molar-refractivity contribution in [1.29, 1.82) is 0 Å². The number of rotatable bonds is 10. The van der Waals surface area contributed by atoms with E-state index in [1.54, 1.807) is 24.3 Å². The van der Waals surface area contributed by atoms with Gasteiger partial charge in [-0.05, 0) is 37.6 Å². The van der Waals surface area contributed by atoms with E-state index < -0.39 is 12.8 Å². The number of hydrogen-bond acceptors (Lipinski definition) is 3. The molecule has 20 heavy (non-hydrogen) atoms. The van der Waals surface area contributed by atoms with Crippen LogP contribution in [-0.4, -0.2) is 37.6 Å². The average Bonchev–Trinajstić information content (AvgIpc) is 2.47. The predicted octanol–water partition coefficient (Wildman–Crippen LogP) is 2.80. The third-order valence-corrected chi connectivity index (χ3v) is 3.02. The molecule has 0 spiro atoms. The number of benzene rings is 1. The second kappa shape index (κ2) is 9.66. The molecule has 0 fully saturated rings. The van der Waals surface area contributed by atoms with Crippen LogP contribution in [-0.2, 0) is 0 Å². The molecule has 2 unspecified atom stereocenters. The number of alkyl halides is 2. The Morgan fingerprint density at radius 2 is 1.80 bits per heavy atom. The van der Waals surface area contributed by atoms with Crippen molar-refractivity contribution < 1.29 is 18.6 Å². The van der Waals surface area contributed by atoms with Gasteiger partial charge in [0.25, 0.3) is 0 Å². The molecule has 1 aromatic carbocycles. The van der Waals surface area contributed by atoms with E-state index in [0.29, 0.717) is 31.7 Å². The number of hydrogen-bond donors (Lipinski definition) is 2. The van der Waals surface area contributed by atoms with Gasteiger partial charge < -0.3 is 15.2 Å². The fraction of sp³-hybridized carbons (Fsp3) is 0.600. The van der Waals surface area contributed by atoms with Crippen LogP contribution in [0, 0.1) is 0 Å². The van der Waals surface area contributed by atoms with Crippen molar-refractivity contribution in [2.24, 2.45) is 0 Å². The molecule has 0 saturated heterocycles. The molecule has 0 aliphatic carbocycles. The van der Waals surface area contributed by atoms with Crippen LogP contribution in [0.2, 0.25) is 0 Å². The number of aliphatic hydroxyl groups excluding tert-OH is 1. The topological polar surface area (TPSA) is 41.5 Å². The molecule has 5 heteroatoms. The van der Waals surface area contributed by atoms with E-state index in [0.717, 1.165) is 5.56 Å². The van der Waals surface area contributed by atoms with Gasteiger partial charge in [0.05, 0.1) is 26.1 Å². The zero-order valence-corrected chi connectivity index (χ0v) is 11.8. The average molecular weight is 287 g/mol. The van der Waals surface area contributed by atoms with Gasteiger partial charge in [-0.1, -0.05) is 12.1 Å². The zero-order valence-electron chi connectivity index (χ0n) is 11.8. The lowest BCUT2D eigenvalue weighted by molar-refractivity contribution is 0.135. The van der Waals surface area contributed by atoms with E-state index in [-0.39, 0.29) is 12.7 Å². The van der Waals surface area contributed by atoms with E-state index >= 15 is 0 Å². The number of nitrogens with one attached hydrogen (secondary N) is 1. The first-order valence-electron chi connectivity index (χ1n) is 6.95. The molecule has 0 aromatic heterocycles. The normalized spacial score (nSPS) is 14.0. The van der Waals surface area contributed by atoms with E-state index in [4.69, 9.17) is 4.74 Å². The van der Waals surface area contributed by atoms with Crippen LogP contribution >= 0.6 is 0 Å². The summed E-state index contributed by atoms with van der Waals surface area (Å²) in [6, 6.07) is 6.92. The Morgan fingerprint density at radius 3 is 2.40 bits per heavy atom. The molecular formula is C15H23F2NO2. The van der Waals surface area contributed by atoms with Crippen LogP contribution in [0.1, 0.15) is 31.4 Å². The second-order valence-corrected chi connectivity index (χ2v) is 4.69. The Kier molecular flexibility index (Phi) is 8.14. The van der Waals surface area contributed by atoms with E-state index in [2.05, 4.69) is 5.32 Å². The fourth-order valence-electron chi connectivity index (χ4n) is 1.80.